The Hall–Kier alpha value is -4.35. The summed E-state index contributed by atoms with van der Waals surface area (Å²) in [6.07, 6.45) is 0.844. The second-order valence-electron chi connectivity index (χ2n) is 7.84. The maximum atomic E-state index is 6.84. The van der Waals surface area contributed by atoms with Crippen LogP contribution in [0.3, 0.4) is 0 Å². The van der Waals surface area contributed by atoms with Gasteiger partial charge in [-0.1, -0.05) is 91.0 Å². The number of benzene rings is 3. The number of anilines is 2. The summed E-state index contributed by atoms with van der Waals surface area (Å²) in [6.45, 7) is 0. The number of nitrogen functional groups attached to an aromatic ring is 2. The summed E-state index contributed by atoms with van der Waals surface area (Å²) in [5.74, 6) is 13.2. The van der Waals surface area contributed by atoms with E-state index in [-0.39, 0.29) is 0 Å². The zero-order chi connectivity index (χ0) is 24.8. The van der Waals surface area contributed by atoms with Crippen molar-refractivity contribution in [1.82, 2.24) is 20.0 Å². The third-order valence-corrected chi connectivity index (χ3v) is 5.53. The van der Waals surface area contributed by atoms with Crippen LogP contribution in [-0.4, -0.2) is 25.8 Å². The first-order valence-electron chi connectivity index (χ1n) is 10.9. The van der Waals surface area contributed by atoms with Crippen molar-refractivity contribution in [3.05, 3.63) is 120 Å². The zero-order valence-corrected chi connectivity index (χ0v) is 19.0. The van der Waals surface area contributed by atoms with Gasteiger partial charge >= 0.3 is 0 Å². The molecule has 0 amide bonds. The lowest BCUT2D eigenvalue weighted by Gasteiger charge is -2.50. The van der Waals surface area contributed by atoms with Crippen LogP contribution >= 0.6 is 0 Å². The van der Waals surface area contributed by atoms with Gasteiger partial charge < -0.3 is 11.5 Å². The Morgan fingerprint density at radius 1 is 0.714 bits per heavy atom. The summed E-state index contributed by atoms with van der Waals surface area (Å²) in [6, 6.07) is 30.7. The van der Waals surface area contributed by atoms with Gasteiger partial charge in [-0.15, -0.1) is 0 Å². The predicted octanol–water partition coefficient (Wildman–Crippen LogP) is 1.91. The number of hydrogen-bond acceptors (Lipinski definition) is 10. The molecule has 35 heavy (non-hydrogen) atoms. The zero-order valence-electron chi connectivity index (χ0n) is 19.0. The van der Waals surface area contributed by atoms with E-state index in [2.05, 4.69) is 9.97 Å². The highest BCUT2D eigenvalue weighted by molar-refractivity contribution is 5.99. The van der Waals surface area contributed by atoms with Crippen molar-refractivity contribution in [2.45, 2.75) is 12.0 Å². The Balaban J connectivity index is 0.000000308. The van der Waals surface area contributed by atoms with Gasteiger partial charge in [-0.05, 0) is 5.56 Å². The lowest BCUT2D eigenvalue weighted by molar-refractivity contribution is -0.0665. The van der Waals surface area contributed by atoms with Crippen molar-refractivity contribution in [1.29, 1.82) is 0 Å². The summed E-state index contributed by atoms with van der Waals surface area (Å²) in [5, 5.41) is 2.95. The van der Waals surface area contributed by atoms with Crippen molar-refractivity contribution in [2.75, 3.05) is 11.5 Å². The summed E-state index contributed by atoms with van der Waals surface area (Å²) in [7, 11) is 0. The van der Waals surface area contributed by atoms with Gasteiger partial charge in [0.2, 0.25) is 5.79 Å². The molecule has 4 aromatic rings. The summed E-state index contributed by atoms with van der Waals surface area (Å²) < 4.78 is 0. The number of rotatable bonds is 3. The summed E-state index contributed by atoms with van der Waals surface area (Å²) in [5.41, 5.74) is 19.9. The van der Waals surface area contributed by atoms with Crippen molar-refractivity contribution in [3.63, 3.8) is 0 Å². The Morgan fingerprint density at radius 3 is 1.74 bits per heavy atom. The number of aromatic nitrogens is 2. The average molecular weight is 469 g/mol. The number of aliphatic imine (C=N–C) groups is 1. The molecule has 0 radical (unpaired) electrons. The van der Waals surface area contributed by atoms with E-state index in [0.717, 1.165) is 16.7 Å². The molecule has 0 aliphatic carbocycles. The lowest BCUT2D eigenvalue weighted by atomic mass is 10.0. The minimum atomic E-state index is -1.27. The van der Waals surface area contributed by atoms with Crippen molar-refractivity contribution in [2.24, 2.45) is 22.4 Å². The Labute approximate surface area is 203 Å². The molecule has 1 aliphatic rings. The van der Waals surface area contributed by atoms with E-state index in [4.69, 9.17) is 33.9 Å². The van der Waals surface area contributed by atoms with E-state index < -0.39 is 12.0 Å². The molecule has 1 aliphatic heterocycles. The minimum Gasteiger partial charge on any atom is -0.384 e. The maximum absolute atomic E-state index is 6.84. The predicted molar refractivity (Wildman–Crippen MR) is 137 cm³/mol. The molecule has 0 bridgehead atoms. The molecule has 178 valence electrons. The maximum Gasteiger partial charge on any atom is 0.202 e. The fourth-order valence-electron chi connectivity index (χ4n) is 3.73. The fourth-order valence-corrected chi connectivity index (χ4v) is 3.73. The van der Waals surface area contributed by atoms with Gasteiger partial charge in [-0.2, -0.15) is 5.01 Å². The first kappa shape index (κ1) is 23.8. The quantitative estimate of drug-likeness (QED) is 0.281. The van der Waals surface area contributed by atoms with Crippen LogP contribution in [0.5, 0.6) is 0 Å². The molecule has 1 aromatic heterocycles. The minimum absolute atomic E-state index is 0.400. The van der Waals surface area contributed by atoms with E-state index in [0.29, 0.717) is 17.5 Å². The van der Waals surface area contributed by atoms with Gasteiger partial charge in [0.1, 0.15) is 30.0 Å². The molecular formula is C25H28N10. The lowest BCUT2D eigenvalue weighted by Crippen LogP contribution is -2.72. The highest BCUT2D eigenvalue weighted by Gasteiger charge is 2.47. The Morgan fingerprint density at radius 2 is 1.23 bits per heavy atom. The van der Waals surface area contributed by atoms with Crippen LogP contribution < -0.4 is 28.9 Å². The van der Waals surface area contributed by atoms with Gasteiger partial charge in [-0.3, -0.25) is 16.6 Å². The van der Waals surface area contributed by atoms with Crippen LogP contribution in [0.4, 0.5) is 11.6 Å². The third kappa shape index (κ3) is 4.95. The van der Waals surface area contributed by atoms with Crippen LogP contribution in [0.1, 0.15) is 22.9 Å². The van der Waals surface area contributed by atoms with Gasteiger partial charge in [-0.25, -0.2) is 20.8 Å². The molecule has 10 heteroatoms. The molecule has 0 fully saturated rings. The summed E-state index contributed by atoms with van der Waals surface area (Å²) in [4.78, 5) is 12.1. The molecule has 3 aromatic carbocycles. The molecule has 2 heterocycles. The van der Waals surface area contributed by atoms with Gasteiger partial charge in [0.15, 0.2) is 0 Å². The molecule has 0 saturated heterocycles. The van der Waals surface area contributed by atoms with E-state index in [9.17, 15) is 0 Å². The number of nitrogens with two attached hydrogens (primary N) is 5. The van der Waals surface area contributed by atoms with Crippen LogP contribution in [0, 0.1) is 0 Å². The van der Waals surface area contributed by atoms with Gasteiger partial charge in [0.25, 0.3) is 0 Å². The first-order chi connectivity index (χ1) is 16.9. The second-order valence-corrected chi connectivity index (χ2v) is 7.84. The Bertz CT molecular complexity index is 1250. The highest BCUT2D eigenvalue weighted by Crippen LogP contribution is 2.36. The van der Waals surface area contributed by atoms with Crippen molar-refractivity contribution < 1.29 is 0 Å². The van der Waals surface area contributed by atoms with E-state index >= 15 is 0 Å². The SMILES string of the molecule is NN1C(c2ccccc2)=NC(c2ccccc2)N(N)C1(N)c1ccccc1.Nc1cc(N)ncn1. The first-order valence-corrected chi connectivity index (χ1v) is 10.9. The van der Waals surface area contributed by atoms with E-state index in [1.54, 1.807) is 0 Å². The monoisotopic (exact) mass is 468 g/mol. The van der Waals surface area contributed by atoms with Crippen LogP contribution in [-0.2, 0) is 5.79 Å². The number of hydrazine groups is 2. The molecule has 2 atom stereocenters. The standard InChI is InChI=1S/C21H22N6.C4H6N4/c22-21(18-14-8-3-9-15-18)26(23)19(16-10-4-1-5-11-16)25-20(27(21)24)17-12-6-2-7-13-17;5-3-1-4(6)8-2-7-3/h1-15,19H,22-24H2;1-2H,(H4,5,6,7,8). The third-order valence-electron chi connectivity index (χ3n) is 5.53. The molecule has 2 unspecified atom stereocenters. The normalized spacial score (nSPS) is 19.9. The van der Waals surface area contributed by atoms with Crippen LogP contribution in [0.2, 0.25) is 0 Å². The summed E-state index contributed by atoms with van der Waals surface area (Å²) >= 11 is 0. The average Bonchev–Trinajstić information content (AvgIpc) is 2.89. The molecular weight excluding hydrogens is 440 g/mol. The van der Waals surface area contributed by atoms with Gasteiger partial charge in [0, 0.05) is 17.2 Å². The number of hydrogen-bond donors (Lipinski definition) is 5. The van der Waals surface area contributed by atoms with Gasteiger partial charge in [0.05, 0.1) is 0 Å². The smallest absolute Gasteiger partial charge is 0.202 e. The van der Waals surface area contributed by atoms with Crippen molar-refractivity contribution in [3.8, 4) is 0 Å². The second kappa shape index (κ2) is 10.3. The molecule has 10 N–H and O–H groups in total. The van der Waals surface area contributed by atoms with Crippen LogP contribution in [0.25, 0.3) is 0 Å². The molecule has 10 nitrogen and oxygen atoms in total. The molecule has 0 saturated carbocycles. The number of nitrogens with zero attached hydrogens (tertiary/aromatic N) is 5. The topological polar surface area (TPSA) is 175 Å². The van der Waals surface area contributed by atoms with Crippen LogP contribution in [0.15, 0.2) is 108 Å². The van der Waals surface area contributed by atoms with E-state index in [1.807, 2.05) is 91.0 Å². The fraction of sp³-hybridized carbons (Fsp3) is 0.0800. The largest absolute Gasteiger partial charge is 0.384 e. The van der Waals surface area contributed by atoms with E-state index in [1.165, 1.54) is 22.4 Å². The highest BCUT2D eigenvalue weighted by atomic mass is 15.7. The Kier molecular flexibility index (Phi) is 6.99. The molecule has 5 rings (SSSR count). The molecule has 0 spiro atoms. The van der Waals surface area contributed by atoms with Crippen molar-refractivity contribution >= 4 is 17.5 Å². The number of amidine groups is 1.